The number of fused-ring (bicyclic) bond motifs is 2. The summed E-state index contributed by atoms with van der Waals surface area (Å²) in [4.78, 5) is 9.24. The Hall–Kier alpha value is -3.54. The topological polar surface area (TPSA) is 60.9 Å². The van der Waals surface area contributed by atoms with Gasteiger partial charge in [0.25, 0.3) is 0 Å². The lowest BCUT2D eigenvalue weighted by Gasteiger charge is -2.00. The fourth-order valence-corrected chi connectivity index (χ4v) is 3.24. The van der Waals surface area contributed by atoms with E-state index in [4.69, 9.17) is 4.98 Å². The summed E-state index contributed by atoms with van der Waals surface area (Å²) < 4.78 is 3.67. The van der Waals surface area contributed by atoms with Crippen LogP contribution < -0.4 is 0 Å². The van der Waals surface area contributed by atoms with Gasteiger partial charge in [-0.2, -0.15) is 10.2 Å². The Morgan fingerprint density at radius 3 is 2.81 bits per heavy atom. The number of hydrogen-bond acceptors (Lipinski definition) is 4. The quantitative estimate of drug-likeness (QED) is 0.506. The van der Waals surface area contributed by atoms with E-state index in [1.807, 2.05) is 54.5 Å². The van der Waals surface area contributed by atoms with Crippen LogP contribution in [0.1, 0.15) is 11.4 Å². The zero-order valence-corrected chi connectivity index (χ0v) is 14.2. The van der Waals surface area contributed by atoms with Gasteiger partial charge in [0, 0.05) is 36.8 Å². The molecule has 0 unspecified atom stereocenters. The standard InChI is InChI=1S/C20H16N6/c1-25-17-8-7-14(11-16(17)13-22-25)12-18-23-20-19(15-5-3-2-4-6-15)21-9-10-26(20)24-18/h2-11,13H,12H2,1H3. The predicted octanol–water partition coefficient (Wildman–Crippen LogP) is 3.27. The molecule has 26 heavy (non-hydrogen) atoms. The third kappa shape index (κ3) is 2.43. The lowest BCUT2D eigenvalue weighted by atomic mass is 10.1. The average Bonchev–Trinajstić information content (AvgIpc) is 3.25. The molecule has 2 aromatic carbocycles. The molecule has 0 aliphatic carbocycles. The highest BCUT2D eigenvalue weighted by Crippen LogP contribution is 2.21. The van der Waals surface area contributed by atoms with Crippen LogP contribution >= 0.6 is 0 Å². The van der Waals surface area contributed by atoms with Gasteiger partial charge in [0.1, 0.15) is 5.69 Å². The van der Waals surface area contributed by atoms with Crippen LogP contribution in [0.4, 0.5) is 0 Å². The largest absolute Gasteiger partial charge is 0.268 e. The zero-order valence-electron chi connectivity index (χ0n) is 14.2. The molecule has 6 heteroatoms. The molecule has 0 spiro atoms. The zero-order chi connectivity index (χ0) is 17.5. The summed E-state index contributed by atoms with van der Waals surface area (Å²) in [5.74, 6) is 0.776. The van der Waals surface area contributed by atoms with E-state index >= 15 is 0 Å². The van der Waals surface area contributed by atoms with Crippen molar-refractivity contribution in [2.75, 3.05) is 0 Å². The van der Waals surface area contributed by atoms with Crippen LogP contribution in [-0.4, -0.2) is 29.4 Å². The molecule has 0 N–H and O–H groups in total. The first-order chi connectivity index (χ1) is 12.8. The highest BCUT2D eigenvalue weighted by molar-refractivity contribution is 5.79. The lowest BCUT2D eigenvalue weighted by Crippen LogP contribution is -1.93. The van der Waals surface area contributed by atoms with Crippen molar-refractivity contribution in [3.05, 3.63) is 78.5 Å². The average molecular weight is 340 g/mol. The predicted molar refractivity (Wildman–Crippen MR) is 99.7 cm³/mol. The van der Waals surface area contributed by atoms with Crippen LogP contribution in [0.3, 0.4) is 0 Å². The number of aryl methyl sites for hydroxylation is 1. The van der Waals surface area contributed by atoms with Gasteiger partial charge in [-0.15, -0.1) is 0 Å². The molecule has 0 saturated heterocycles. The fourth-order valence-electron chi connectivity index (χ4n) is 3.24. The minimum absolute atomic E-state index is 0.667. The van der Waals surface area contributed by atoms with Crippen LogP contribution in [0.15, 0.2) is 67.1 Å². The summed E-state index contributed by atoms with van der Waals surface area (Å²) in [7, 11) is 1.95. The number of nitrogens with zero attached hydrogens (tertiary/aromatic N) is 6. The summed E-state index contributed by atoms with van der Waals surface area (Å²) in [6.07, 6.45) is 6.15. The summed E-state index contributed by atoms with van der Waals surface area (Å²) in [5.41, 5.74) is 4.93. The summed E-state index contributed by atoms with van der Waals surface area (Å²) in [5, 5.41) is 10.0. The molecule has 0 aliphatic rings. The Bertz CT molecular complexity index is 1220. The Morgan fingerprint density at radius 2 is 1.92 bits per heavy atom. The van der Waals surface area contributed by atoms with E-state index in [0.717, 1.165) is 39.2 Å². The molecular formula is C20H16N6. The number of rotatable bonds is 3. The van der Waals surface area contributed by atoms with Gasteiger partial charge in [0.2, 0.25) is 0 Å². The van der Waals surface area contributed by atoms with Crippen molar-refractivity contribution in [3.8, 4) is 11.3 Å². The normalized spacial score (nSPS) is 11.4. The van der Waals surface area contributed by atoms with Crippen LogP contribution in [0, 0.1) is 0 Å². The van der Waals surface area contributed by atoms with Crippen molar-refractivity contribution in [1.82, 2.24) is 29.4 Å². The fraction of sp³-hybridized carbons (Fsp3) is 0.100. The Morgan fingerprint density at radius 1 is 1.04 bits per heavy atom. The minimum atomic E-state index is 0.667. The van der Waals surface area contributed by atoms with Crippen molar-refractivity contribution in [2.45, 2.75) is 6.42 Å². The first-order valence-electron chi connectivity index (χ1n) is 8.44. The third-order valence-corrected chi connectivity index (χ3v) is 4.52. The number of hydrogen-bond donors (Lipinski definition) is 0. The molecule has 0 amide bonds. The van der Waals surface area contributed by atoms with E-state index in [9.17, 15) is 0 Å². The molecule has 0 fully saturated rings. The van der Waals surface area contributed by atoms with E-state index < -0.39 is 0 Å². The van der Waals surface area contributed by atoms with E-state index in [0.29, 0.717) is 6.42 Å². The van der Waals surface area contributed by atoms with Gasteiger partial charge in [-0.05, 0) is 17.7 Å². The maximum Gasteiger partial charge on any atom is 0.181 e. The van der Waals surface area contributed by atoms with Crippen molar-refractivity contribution in [2.24, 2.45) is 7.05 Å². The van der Waals surface area contributed by atoms with Gasteiger partial charge in [-0.25, -0.2) is 9.50 Å². The van der Waals surface area contributed by atoms with E-state index in [1.165, 1.54) is 0 Å². The number of benzene rings is 2. The number of aromatic nitrogens is 6. The van der Waals surface area contributed by atoms with E-state index in [1.54, 1.807) is 10.7 Å². The SMILES string of the molecule is Cn1ncc2cc(Cc3nc4c(-c5ccccc5)nccn4n3)ccc21. The van der Waals surface area contributed by atoms with Crippen molar-refractivity contribution in [1.29, 1.82) is 0 Å². The second-order valence-corrected chi connectivity index (χ2v) is 6.28. The molecule has 0 bridgehead atoms. The van der Waals surface area contributed by atoms with Crippen LogP contribution in [-0.2, 0) is 13.5 Å². The Balaban J connectivity index is 1.55. The van der Waals surface area contributed by atoms with Crippen molar-refractivity contribution in [3.63, 3.8) is 0 Å². The molecule has 6 nitrogen and oxygen atoms in total. The first-order valence-corrected chi connectivity index (χ1v) is 8.44. The molecule has 0 atom stereocenters. The molecular weight excluding hydrogens is 324 g/mol. The maximum absolute atomic E-state index is 4.74. The van der Waals surface area contributed by atoms with E-state index in [2.05, 4.69) is 33.4 Å². The van der Waals surface area contributed by atoms with Gasteiger partial charge in [-0.1, -0.05) is 36.4 Å². The van der Waals surface area contributed by atoms with Gasteiger partial charge in [0.15, 0.2) is 11.5 Å². The van der Waals surface area contributed by atoms with Crippen molar-refractivity contribution < 1.29 is 0 Å². The first kappa shape index (κ1) is 14.8. The van der Waals surface area contributed by atoms with Gasteiger partial charge >= 0.3 is 0 Å². The minimum Gasteiger partial charge on any atom is -0.268 e. The van der Waals surface area contributed by atoms with Gasteiger partial charge < -0.3 is 0 Å². The molecule has 0 saturated carbocycles. The Labute approximate surface area is 149 Å². The van der Waals surface area contributed by atoms with Gasteiger partial charge in [-0.3, -0.25) is 9.67 Å². The smallest absolute Gasteiger partial charge is 0.181 e. The van der Waals surface area contributed by atoms with E-state index in [-0.39, 0.29) is 0 Å². The second-order valence-electron chi connectivity index (χ2n) is 6.28. The summed E-state index contributed by atoms with van der Waals surface area (Å²) in [6, 6.07) is 16.4. The highest BCUT2D eigenvalue weighted by Gasteiger charge is 2.11. The molecule has 3 aromatic heterocycles. The third-order valence-electron chi connectivity index (χ3n) is 4.52. The maximum atomic E-state index is 4.74. The highest BCUT2D eigenvalue weighted by atomic mass is 15.3. The Kier molecular flexibility index (Phi) is 3.28. The second kappa shape index (κ2) is 5.77. The summed E-state index contributed by atoms with van der Waals surface area (Å²) >= 11 is 0. The molecule has 0 aliphatic heterocycles. The van der Waals surface area contributed by atoms with Crippen molar-refractivity contribution >= 4 is 16.6 Å². The lowest BCUT2D eigenvalue weighted by molar-refractivity contribution is 0.797. The molecule has 3 heterocycles. The summed E-state index contributed by atoms with van der Waals surface area (Å²) in [6.45, 7) is 0. The monoisotopic (exact) mass is 340 g/mol. The molecule has 0 radical (unpaired) electrons. The molecule has 126 valence electrons. The van der Waals surface area contributed by atoms with Crippen LogP contribution in [0.2, 0.25) is 0 Å². The van der Waals surface area contributed by atoms with Crippen LogP contribution in [0.25, 0.3) is 27.8 Å². The van der Waals surface area contributed by atoms with Gasteiger partial charge in [0.05, 0.1) is 11.7 Å². The van der Waals surface area contributed by atoms with Crippen LogP contribution in [0.5, 0.6) is 0 Å². The molecule has 5 rings (SSSR count). The molecule has 5 aromatic rings.